The van der Waals surface area contributed by atoms with Gasteiger partial charge in [-0.2, -0.15) is 0 Å². The summed E-state index contributed by atoms with van der Waals surface area (Å²) in [5.41, 5.74) is 2.01. The molecule has 2 amide bonds. The number of amides is 2. The van der Waals surface area contributed by atoms with E-state index in [1.54, 1.807) is 12.1 Å². The van der Waals surface area contributed by atoms with E-state index in [1.807, 2.05) is 45.0 Å². The van der Waals surface area contributed by atoms with E-state index in [2.05, 4.69) is 5.32 Å². The van der Waals surface area contributed by atoms with Crippen LogP contribution in [0.25, 0.3) is 0 Å². The maximum Gasteiger partial charge on any atom is 0.244 e. The van der Waals surface area contributed by atoms with Gasteiger partial charge in [-0.15, -0.1) is 0 Å². The number of nitrogens with zero attached hydrogens (tertiary/aromatic N) is 2. The minimum Gasteiger partial charge on any atom is -0.495 e. The summed E-state index contributed by atoms with van der Waals surface area (Å²) in [6.45, 7) is 5.95. The van der Waals surface area contributed by atoms with Crippen LogP contribution in [-0.2, 0) is 26.2 Å². The fourth-order valence-electron chi connectivity index (χ4n) is 3.89. The van der Waals surface area contributed by atoms with Gasteiger partial charge in [0.25, 0.3) is 0 Å². The lowest BCUT2D eigenvalue weighted by molar-refractivity contribution is -0.140. The third kappa shape index (κ3) is 8.13. The zero-order chi connectivity index (χ0) is 26.9. The van der Waals surface area contributed by atoms with E-state index in [0.717, 1.165) is 34.5 Å². The zero-order valence-electron chi connectivity index (χ0n) is 21.6. The highest BCUT2D eigenvalue weighted by molar-refractivity contribution is 7.92. The number of nitrogens with one attached hydrogen (secondary N) is 1. The Labute approximate surface area is 219 Å². The topological polar surface area (TPSA) is 96.0 Å². The largest absolute Gasteiger partial charge is 0.495 e. The van der Waals surface area contributed by atoms with Crippen LogP contribution in [0.15, 0.2) is 42.5 Å². The number of carbonyl (C=O) groups is 2. The Hall–Kier alpha value is -2.78. The molecule has 36 heavy (non-hydrogen) atoms. The Morgan fingerprint density at radius 3 is 2.44 bits per heavy atom. The van der Waals surface area contributed by atoms with Gasteiger partial charge in [0, 0.05) is 18.1 Å². The van der Waals surface area contributed by atoms with Gasteiger partial charge in [0.05, 0.1) is 19.1 Å². The number of anilines is 1. The van der Waals surface area contributed by atoms with Crippen LogP contribution in [0.2, 0.25) is 5.02 Å². The number of methoxy groups -OCH3 is 1. The average molecular weight is 538 g/mol. The van der Waals surface area contributed by atoms with Crippen LogP contribution in [0.1, 0.15) is 44.2 Å². The standard InChI is InChI=1S/C26H36ClN3O5S/c1-6-8-14-28-26(32)22(7-2)29(17-20-11-9-10-19(3)15-20)25(31)18-30(36(5,33)34)23-16-21(27)12-13-24(23)35-4/h9-13,15-16,22H,6-8,14,17-18H2,1-5H3,(H,28,32). The SMILES string of the molecule is CCCCNC(=O)C(CC)N(Cc1cccc(C)c1)C(=O)CN(c1cc(Cl)ccc1OC)S(C)(=O)=O. The van der Waals surface area contributed by atoms with Crippen molar-refractivity contribution in [2.24, 2.45) is 0 Å². The van der Waals surface area contributed by atoms with Crippen molar-refractivity contribution in [3.63, 3.8) is 0 Å². The highest BCUT2D eigenvalue weighted by atomic mass is 35.5. The minimum absolute atomic E-state index is 0.150. The van der Waals surface area contributed by atoms with Crippen molar-refractivity contribution < 1.29 is 22.7 Å². The van der Waals surface area contributed by atoms with Crippen LogP contribution in [0.4, 0.5) is 5.69 Å². The molecular formula is C26H36ClN3O5S. The predicted octanol–water partition coefficient (Wildman–Crippen LogP) is 4.15. The maximum absolute atomic E-state index is 13.7. The summed E-state index contributed by atoms with van der Waals surface area (Å²) in [6.07, 6.45) is 3.13. The number of benzene rings is 2. The molecular weight excluding hydrogens is 502 g/mol. The van der Waals surface area contributed by atoms with Gasteiger partial charge < -0.3 is 15.0 Å². The fourth-order valence-corrected chi connectivity index (χ4v) is 4.90. The second-order valence-electron chi connectivity index (χ2n) is 8.67. The normalized spacial score (nSPS) is 12.1. The molecule has 0 aliphatic heterocycles. The maximum atomic E-state index is 13.7. The molecule has 8 nitrogen and oxygen atoms in total. The minimum atomic E-state index is -3.90. The molecule has 0 bridgehead atoms. The lowest BCUT2D eigenvalue weighted by atomic mass is 10.1. The second-order valence-corrected chi connectivity index (χ2v) is 11.0. The molecule has 0 spiro atoms. The summed E-state index contributed by atoms with van der Waals surface area (Å²) in [4.78, 5) is 28.3. The van der Waals surface area contributed by atoms with Crippen molar-refractivity contribution >= 4 is 39.1 Å². The smallest absolute Gasteiger partial charge is 0.244 e. The van der Waals surface area contributed by atoms with E-state index in [0.29, 0.717) is 18.0 Å². The first-order valence-electron chi connectivity index (χ1n) is 12.0. The van der Waals surface area contributed by atoms with Crippen LogP contribution in [0, 0.1) is 6.92 Å². The zero-order valence-corrected chi connectivity index (χ0v) is 23.2. The van der Waals surface area contributed by atoms with E-state index in [-0.39, 0.29) is 23.9 Å². The monoisotopic (exact) mass is 537 g/mol. The summed E-state index contributed by atoms with van der Waals surface area (Å²) in [7, 11) is -2.49. The van der Waals surface area contributed by atoms with E-state index in [9.17, 15) is 18.0 Å². The molecule has 2 aromatic rings. The van der Waals surface area contributed by atoms with Crippen LogP contribution in [0.3, 0.4) is 0 Å². The molecule has 10 heteroatoms. The lowest BCUT2D eigenvalue weighted by Crippen LogP contribution is -2.52. The Balaban J connectivity index is 2.47. The summed E-state index contributed by atoms with van der Waals surface area (Å²) in [5.74, 6) is -0.521. The molecule has 0 aromatic heterocycles. The summed E-state index contributed by atoms with van der Waals surface area (Å²) >= 11 is 6.14. The fraction of sp³-hybridized carbons (Fsp3) is 0.462. The van der Waals surface area contributed by atoms with Gasteiger partial charge in [0.15, 0.2) is 0 Å². The first-order chi connectivity index (χ1) is 17.0. The summed E-state index contributed by atoms with van der Waals surface area (Å²) < 4.78 is 31.9. The van der Waals surface area contributed by atoms with Crippen molar-refractivity contribution in [1.29, 1.82) is 0 Å². The van der Waals surface area contributed by atoms with E-state index >= 15 is 0 Å². The number of sulfonamides is 1. The average Bonchev–Trinajstić information content (AvgIpc) is 2.81. The highest BCUT2D eigenvalue weighted by Crippen LogP contribution is 2.33. The number of aryl methyl sites for hydroxylation is 1. The van der Waals surface area contributed by atoms with Crippen LogP contribution >= 0.6 is 11.6 Å². The molecule has 2 aromatic carbocycles. The molecule has 0 fully saturated rings. The van der Waals surface area contributed by atoms with Crippen molar-refractivity contribution in [2.45, 2.75) is 52.6 Å². The van der Waals surface area contributed by atoms with Gasteiger partial charge in [-0.3, -0.25) is 13.9 Å². The van der Waals surface area contributed by atoms with E-state index < -0.39 is 28.5 Å². The van der Waals surface area contributed by atoms with Crippen LogP contribution in [-0.4, -0.2) is 57.6 Å². The number of ether oxygens (including phenoxy) is 1. The second kappa shape index (κ2) is 13.5. The molecule has 0 radical (unpaired) electrons. The van der Waals surface area contributed by atoms with Crippen molar-refractivity contribution in [3.05, 3.63) is 58.6 Å². The molecule has 0 aliphatic rings. The van der Waals surface area contributed by atoms with Gasteiger partial charge in [-0.25, -0.2) is 8.42 Å². The Morgan fingerprint density at radius 1 is 1.14 bits per heavy atom. The lowest BCUT2D eigenvalue weighted by Gasteiger charge is -2.33. The first-order valence-corrected chi connectivity index (χ1v) is 14.2. The van der Waals surface area contributed by atoms with E-state index in [1.165, 1.54) is 18.1 Å². The Kier molecular flexibility index (Phi) is 11.0. The molecule has 0 heterocycles. The number of carbonyl (C=O) groups excluding carboxylic acids is 2. The van der Waals surface area contributed by atoms with Gasteiger partial charge in [0.1, 0.15) is 18.3 Å². The molecule has 1 unspecified atom stereocenters. The quantitative estimate of drug-likeness (QED) is 0.387. The number of unbranched alkanes of at least 4 members (excludes halogenated alkanes) is 1. The van der Waals surface area contributed by atoms with Gasteiger partial charge >= 0.3 is 0 Å². The number of rotatable bonds is 13. The number of hydrogen-bond acceptors (Lipinski definition) is 5. The van der Waals surface area contributed by atoms with Gasteiger partial charge in [-0.05, 0) is 43.5 Å². The third-order valence-electron chi connectivity index (χ3n) is 5.74. The third-order valence-corrected chi connectivity index (χ3v) is 7.10. The molecule has 0 saturated carbocycles. The van der Waals surface area contributed by atoms with Gasteiger partial charge in [-0.1, -0.05) is 61.7 Å². The van der Waals surface area contributed by atoms with Crippen molar-refractivity contribution in [2.75, 3.05) is 30.8 Å². The molecule has 198 valence electrons. The Bertz CT molecular complexity index is 1160. The molecule has 0 saturated heterocycles. The molecule has 2 rings (SSSR count). The number of halogens is 1. The van der Waals surface area contributed by atoms with Crippen LogP contribution in [0.5, 0.6) is 5.75 Å². The number of hydrogen-bond donors (Lipinski definition) is 1. The highest BCUT2D eigenvalue weighted by Gasteiger charge is 2.32. The summed E-state index contributed by atoms with van der Waals surface area (Å²) in [6, 6.07) is 11.4. The van der Waals surface area contributed by atoms with Crippen molar-refractivity contribution in [1.82, 2.24) is 10.2 Å². The Morgan fingerprint density at radius 2 is 1.86 bits per heavy atom. The van der Waals surface area contributed by atoms with Crippen LogP contribution < -0.4 is 14.4 Å². The molecule has 1 atom stereocenters. The van der Waals surface area contributed by atoms with Gasteiger partial charge in [0.2, 0.25) is 21.8 Å². The summed E-state index contributed by atoms with van der Waals surface area (Å²) in [5, 5.41) is 3.20. The molecule has 0 aliphatic carbocycles. The molecule has 1 N–H and O–H groups in total. The van der Waals surface area contributed by atoms with E-state index in [4.69, 9.17) is 16.3 Å². The predicted molar refractivity (Wildman–Crippen MR) is 144 cm³/mol. The van der Waals surface area contributed by atoms with Crippen molar-refractivity contribution in [3.8, 4) is 5.75 Å². The first kappa shape index (κ1) is 29.5.